The van der Waals surface area contributed by atoms with Crippen molar-refractivity contribution in [3.05, 3.63) is 0 Å². The maximum Gasteiger partial charge on any atom is 0.391 e. The first kappa shape index (κ1) is 14.8. The Bertz CT molecular complexity index is 270. The first-order valence-electron chi connectivity index (χ1n) is 5.07. The SMILES string of the molecule is CCCC(C#N)C(=O)NC(C)CC(F)(F)F. The van der Waals surface area contributed by atoms with E-state index in [4.69, 9.17) is 5.26 Å². The lowest BCUT2D eigenvalue weighted by molar-refractivity contribution is -0.141. The fraction of sp³-hybridized carbons (Fsp3) is 0.800. The molecule has 0 aliphatic heterocycles. The fourth-order valence-corrected chi connectivity index (χ4v) is 1.28. The third-order valence-electron chi connectivity index (χ3n) is 1.98. The number of carbonyl (C=O) groups excluding carboxylic acids is 1. The zero-order valence-electron chi connectivity index (χ0n) is 9.27. The minimum Gasteiger partial charge on any atom is -0.352 e. The maximum absolute atomic E-state index is 12.0. The highest BCUT2D eigenvalue weighted by Crippen LogP contribution is 2.21. The van der Waals surface area contributed by atoms with Crippen molar-refractivity contribution in [3.63, 3.8) is 0 Å². The van der Waals surface area contributed by atoms with Crippen LogP contribution in [-0.4, -0.2) is 18.1 Å². The molecule has 0 fully saturated rings. The predicted molar refractivity (Wildman–Crippen MR) is 52.3 cm³/mol. The number of carbonyl (C=O) groups is 1. The minimum atomic E-state index is -4.31. The first-order chi connectivity index (χ1) is 7.30. The molecular formula is C10H15F3N2O. The molecule has 1 amide bonds. The van der Waals surface area contributed by atoms with Gasteiger partial charge in [0.25, 0.3) is 0 Å². The molecule has 0 bridgehead atoms. The summed E-state index contributed by atoms with van der Waals surface area (Å²) in [6.07, 6.45) is -4.39. The molecule has 2 atom stereocenters. The summed E-state index contributed by atoms with van der Waals surface area (Å²) < 4.78 is 35.9. The van der Waals surface area contributed by atoms with Crippen molar-refractivity contribution in [2.45, 2.75) is 45.3 Å². The molecule has 2 unspecified atom stereocenters. The molecule has 92 valence electrons. The number of nitriles is 1. The zero-order valence-corrected chi connectivity index (χ0v) is 9.27. The Balaban J connectivity index is 4.18. The molecule has 6 heteroatoms. The van der Waals surface area contributed by atoms with Gasteiger partial charge in [-0.05, 0) is 13.3 Å². The van der Waals surface area contributed by atoms with Crippen molar-refractivity contribution in [3.8, 4) is 6.07 Å². The van der Waals surface area contributed by atoms with Crippen LogP contribution in [0.15, 0.2) is 0 Å². The second-order valence-corrected chi connectivity index (χ2v) is 3.70. The molecule has 1 N–H and O–H groups in total. The molecule has 0 spiro atoms. The molecule has 16 heavy (non-hydrogen) atoms. The van der Waals surface area contributed by atoms with E-state index >= 15 is 0 Å². The number of nitrogens with one attached hydrogen (secondary N) is 1. The Morgan fingerprint density at radius 2 is 2.06 bits per heavy atom. The summed E-state index contributed by atoms with van der Waals surface area (Å²) in [7, 11) is 0. The Kier molecular flexibility index (Phi) is 5.86. The van der Waals surface area contributed by atoms with Gasteiger partial charge in [-0.25, -0.2) is 0 Å². The highest BCUT2D eigenvalue weighted by atomic mass is 19.4. The van der Waals surface area contributed by atoms with Gasteiger partial charge in [-0.15, -0.1) is 0 Å². The van der Waals surface area contributed by atoms with Crippen LogP contribution in [0.25, 0.3) is 0 Å². The van der Waals surface area contributed by atoms with E-state index in [1.165, 1.54) is 6.92 Å². The second-order valence-electron chi connectivity index (χ2n) is 3.70. The predicted octanol–water partition coefficient (Wildman–Crippen LogP) is 2.38. The van der Waals surface area contributed by atoms with E-state index in [0.717, 1.165) is 0 Å². The Morgan fingerprint density at radius 3 is 2.44 bits per heavy atom. The van der Waals surface area contributed by atoms with Crippen LogP contribution in [0.4, 0.5) is 13.2 Å². The molecule has 0 aliphatic carbocycles. The molecule has 0 rings (SSSR count). The number of halogens is 3. The standard InChI is InChI=1S/C10H15F3N2O/c1-3-4-8(6-14)9(16)15-7(2)5-10(11,12)13/h7-8H,3-5H2,1-2H3,(H,15,16). The summed E-state index contributed by atoms with van der Waals surface area (Å²) in [5.74, 6) is -1.48. The highest BCUT2D eigenvalue weighted by Gasteiger charge is 2.31. The lowest BCUT2D eigenvalue weighted by Gasteiger charge is -2.17. The van der Waals surface area contributed by atoms with Gasteiger partial charge in [-0.3, -0.25) is 4.79 Å². The molecule has 3 nitrogen and oxygen atoms in total. The second kappa shape index (κ2) is 6.36. The van der Waals surface area contributed by atoms with Gasteiger partial charge in [-0.1, -0.05) is 13.3 Å². The summed E-state index contributed by atoms with van der Waals surface area (Å²) >= 11 is 0. The van der Waals surface area contributed by atoms with E-state index in [0.29, 0.717) is 12.8 Å². The lowest BCUT2D eigenvalue weighted by Crippen LogP contribution is -2.39. The van der Waals surface area contributed by atoms with Crippen molar-refractivity contribution >= 4 is 5.91 Å². The van der Waals surface area contributed by atoms with Crippen molar-refractivity contribution in [2.75, 3.05) is 0 Å². The third kappa shape index (κ3) is 6.27. The number of nitrogens with zero attached hydrogens (tertiary/aromatic N) is 1. The quantitative estimate of drug-likeness (QED) is 0.796. The van der Waals surface area contributed by atoms with E-state index in [9.17, 15) is 18.0 Å². The van der Waals surface area contributed by atoms with Gasteiger partial charge in [0.1, 0.15) is 5.92 Å². The molecule has 0 aromatic heterocycles. The lowest BCUT2D eigenvalue weighted by atomic mass is 10.0. The maximum atomic E-state index is 12.0. The number of amides is 1. The largest absolute Gasteiger partial charge is 0.391 e. The smallest absolute Gasteiger partial charge is 0.352 e. The number of hydrogen-bond donors (Lipinski definition) is 1. The number of rotatable bonds is 5. The molecule has 0 aromatic carbocycles. The molecule has 0 aromatic rings. The molecule has 0 saturated heterocycles. The average Bonchev–Trinajstić information content (AvgIpc) is 2.10. The highest BCUT2D eigenvalue weighted by molar-refractivity contribution is 5.81. The summed E-state index contributed by atoms with van der Waals surface area (Å²) in [6, 6.07) is 0.778. The molecule has 0 radical (unpaired) electrons. The first-order valence-corrected chi connectivity index (χ1v) is 5.07. The van der Waals surface area contributed by atoms with Crippen molar-refractivity contribution < 1.29 is 18.0 Å². The van der Waals surface area contributed by atoms with E-state index in [2.05, 4.69) is 5.32 Å². The summed E-state index contributed by atoms with van der Waals surface area (Å²) in [5.41, 5.74) is 0. The topological polar surface area (TPSA) is 52.9 Å². The van der Waals surface area contributed by atoms with Crippen molar-refractivity contribution in [2.24, 2.45) is 5.92 Å². The van der Waals surface area contributed by atoms with E-state index in [1.807, 2.05) is 0 Å². The van der Waals surface area contributed by atoms with Gasteiger partial charge in [0.15, 0.2) is 0 Å². The average molecular weight is 236 g/mol. The monoisotopic (exact) mass is 236 g/mol. The molecular weight excluding hydrogens is 221 g/mol. The van der Waals surface area contributed by atoms with Crippen LogP contribution in [0.2, 0.25) is 0 Å². The van der Waals surface area contributed by atoms with Crippen LogP contribution in [0.3, 0.4) is 0 Å². The van der Waals surface area contributed by atoms with Crippen LogP contribution in [0, 0.1) is 17.2 Å². The van der Waals surface area contributed by atoms with Gasteiger partial charge in [-0.2, -0.15) is 18.4 Å². The van der Waals surface area contributed by atoms with E-state index < -0.39 is 30.5 Å². The minimum absolute atomic E-state index is 0.362. The van der Waals surface area contributed by atoms with Crippen LogP contribution in [0.5, 0.6) is 0 Å². The van der Waals surface area contributed by atoms with Gasteiger partial charge < -0.3 is 5.32 Å². The number of alkyl halides is 3. The van der Waals surface area contributed by atoms with Gasteiger partial charge in [0, 0.05) is 6.04 Å². The Labute approximate surface area is 92.6 Å². The molecule has 0 heterocycles. The van der Waals surface area contributed by atoms with E-state index in [1.54, 1.807) is 13.0 Å². The fourth-order valence-electron chi connectivity index (χ4n) is 1.28. The molecule has 0 aliphatic rings. The Morgan fingerprint density at radius 1 is 1.50 bits per heavy atom. The third-order valence-corrected chi connectivity index (χ3v) is 1.98. The van der Waals surface area contributed by atoms with Gasteiger partial charge in [0.2, 0.25) is 5.91 Å². The van der Waals surface area contributed by atoms with E-state index in [-0.39, 0.29) is 0 Å². The summed E-state index contributed by atoms with van der Waals surface area (Å²) in [4.78, 5) is 11.4. The van der Waals surface area contributed by atoms with Crippen LogP contribution in [0.1, 0.15) is 33.1 Å². The van der Waals surface area contributed by atoms with Crippen LogP contribution < -0.4 is 5.32 Å². The van der Waals surface area contributed by atoms with Crippen molar-refractivity contribution in [1.82, 2.24) is 5.32 Å². The summed E-state index contributed by atoms with van der Waals surface area (Å²) in [6.45, 7) is 3.07. The summed E-state index contributed by atoms with van der Waals surface area (Å²) in [5, 5.41) is 10.8. The van der Waals surface area contributed by atoms with Crippen LogP contribution in [-0.2, 0) is 4.79 Å². The van der Waals surface area contributed by atoms with Gasteiger partial charge >= 0.3 is 6.18 Å². The molecule has 0 saturated carbocycles. The van der Waals surface area contributed by atoms with Crippen molar-refractivity contribution in [1.29, 1.82) is 5.26 Å². The van der Waals surface area contributed by atoms with Gasteiger partial charge in [0.05, 0.1) is 12.5 Å². The van der Waals surface area contributed by atoms with Crippen LogP contribution >= 0.6 is 0 Å². The zero-order chi connectivity index (χ0) is 12.8. The number of hydrogen-bond acceptors (Lipinski definition) is 2. The Hall–Kier alpha value is -1.25. The normalized spacial score (nSPS) is 15.0.